The molecule has 0 aliphatic carbocycles. The molecule has 0 bridgehead atoms. The van der Waals surface area contributed by atoms with Gasteiger partial charge in [-0.2, -0.15) is 0 Å². The van der Waals surface area contributed by atoms with Gasteiger partial charge in [-0.15, -0.1) is 0 Å². The SMILES string of the molecule is O=C(O)C=CN1CC(O)C1. The van der Waals surface area contributed by atoms with Gasteiger partial charge in [-0.05, 0) is 0 Å². The molecule has 10 heavy (non-hydrogen) atoms. The smallest absolute Gasteiger partial charge is 0.329 e. The van der Waals surface area contributed by atoms with Crippen molar-refractivity contribution in [3.8, 4) is 0 Å². The first-order valence-corrected chi connectivity index (χ1v) is 3.02. The Bertz CT molecular complexity index is 160. The average Bonchev–Trinajstić information content (AvgIpc) is 1.77. The Balaban J connectivity index is 2.21. The predicted octanol–water partition coefficient (Wildman–Crippen LogP) is -0.739. The van der Waals surface area contributed by atoms with Gasteiger partial charge in [-0.3, -0.25) is 0 Å². The molecule has 1 aliphatic heterocycles. The Morgan fingerprint density at radius 2 is 2.20 bits per heavy atom. The number of β-amino-alcohol motifs (C(OH)–C–C–N with tert-alkyl or cyclic N) is 1. The second-order valence-electron chi connectivity index (χ2n) is 2.26. The molecule has 1 fully saturated rings. The molecule has 4 heteroatoms. The molecular formula is C6H9NO3. The molecule has 0 spiro atoms. The predicted molar refractivity (Wildman–Crippen MR) is 34.4 cm³/mol. The minimum atomic E-state index is -0.957. The summed E-state index contributed by atoms with van der Waals surface area (Å²) >= 11 is 0. The second-order valence-corrected chi connectivity index (χ2v) is 2.26. The molecule has 0 amide bonds. The van der Waals surface area contributed by atoms with Crippen molar-refractivity contribution < 1.29 is 15.0 Å². The van der Waals surface area contributed by atoms with Gasteiger partial charge in [-0.25, -0.2) is 4.79 Å². The number of aliphatic hydroxyl groups excluding tert-OH is 1. The monoisotopic (exact) mass is 143 g/mol. The van der Waals surface area contributed by atoms with Crippen LogP contribution in [-0.4, -0.2) is 40.3 Å². The van der Waals surface area contributed by atoms with Crippen LogP contribution in [0.4, 0.5) is 0 Å². The molecule has 0 atom stereocenters. The van der Waals surface area contributed by atoms with Gasteiger partial charge < -0.3 is 15.1 Å². The summed E-state index contributed by atoms with van der Waals surface area (Å²) in [5.41, 5.74) is 0. The van der Waals surface area contributed by atoms with Crippen LogP contribution in [0.2, 0.25) is 0 Å². The number of carboxylic acid groups (broad SMARTS) is 1. The van der Waals surface area contributed by atoms with Gasteiger partial charge in [0.2, 0.25) is 0 Å². The van der Waals surface area contributed by atoms with Crippen LogP contribution in [0.15, 0.2) is 12.3 Å². The number of likely N-dealkylation sites (tertiary alicyclic amines) is 1. The van der Waals surface area contributed by atoms with Crippen molar-refractivity contribution in [2.45, 2.75) is 6.10 Å². The van der Waals surface area contributed by atoms with Crippen molar-refractivity contribution >= 4 is 5.97 Å². The summed E-state index contributed by atoms with van der Waals surface area (Å²) in [4.78, 5) is 11.7. The maximum absolute atomic E-state index is 9.95. The quantitative estimate of drug-likeness (QED) is 0.500. The van der Waals surface area contributed by atoms with Crippen LogP contribution in [0.3, 0.4) is 0 Å². The number of aliphatic carboxylic acids is 1. The van der Waals surface area contributed by atoms with Gasteiger partial charge in [0.05, 0.1) is 6.10 Å². The Labute approximate surface area is 58.4 Å². The molecular weight excluding hydrogens is 134 g/mol. The fourth-order valence-electron chi connectivity index (χ4n) is 0.779. The normalized spacial score (nSPS) is 19.5. The molecule has 0 aromatic rings. The highest BCUT2D eigenvalue weighted by Crippen LogP contribution is 2.06. The zero-order chi connectivity index (χ0) is 7.56. The number of rotatable bonds is 2. The zero-order valence-electron chi connectivity index (χ0n) is 5.40. The highest BCUT2D eigenvalue weighted by atomic mass is 16.4. The van der Waals surface area contributed by atoms with E-state index in [1.54, 1.807) is 4.90 Å². The van der Waals surface area contributed by atoms with E-state index in [-0.39, 0.29) is 6.10 Å². The lowest BCUT2D eigenvalue weighted by Gasteiger charge is -2.34. The van der Waals surface area contributed by atoms with Crippen LogP contribution in [0.25, 0.3) is 0 Å². The van der Waals surface area contributed by atoms with Crippen LogP contribution in [0.1, 0.15) is 0 Å². The van der Waals surface area contributed by atoms with E-state index >= 15 is 0 Å². The summed E-state index contributed by atoms with van der Waals surface area (Å²) in [5, 5.41) is 16.9. The van der Waals surface area contributed by atoms with Crippen molar-refractivity contribution in [1.82, 2.24) is 4.90 Å². The number of aliphatic hydroxyl groups is 1. The zero-order valence-corrected chi connectivity index (χ0v) is 5.40. The van der Waals surface area contributed by atoms with Crippen LogP contribution in [-0.2, 0) is 4.79 Å². The molecule has 56 valence electrons. The lowest BCUT2D eigenvalue weighted by molar-refractivity contribution is -0.131. The summed E-state index contributed by atoms with van der Waals surface area (Å²) < 4.78 is 0. The van der Waals surface area contributed by atoms with Crippen LogP contribution in [0.5, 0.6) is 0 Å². The van der Waals surface area contributed by atoms with Crippen LogP contribution >= 0.6 is 0 Å². The minimum absolute atomic E-state index is 0.279. The van der Waals surface area contributed by atoms with E-state index in [1.807, 2.05) is 0 Å². The largest absolute Gasteiger partial charge is 0.478 e. The van der Waals surface area contributed by atoms with Crippen molar-refractivity contribution in [2.24, 2.45) is 0 Å². The fraction of sp³-hybridized carbons (Fsp3) is 0.500. The standard InChI is InChI=1S/C6H9NO3/c8-5-3-7(4-5)2-1-6(9)10/h1-2,5,8H,3-4H2,(H,9,10). The number of hydrogen-bond donors (Lipinski definition) is 2. The summed E-state index contributed by atoms with van der Waals surface area (Å²) in [6.45, 7) is 1.09. The summed E-state index contributed by atoms with van der Waals surface area (Å²) in [6, 6.07) is 0. The van der Waals surface area contributed by atoms with Gasteiger partial charge in [-0.1, -0.05) is 0 Å². The van der Waals surface area contributed by atoms with E-state index in [0.717, 1.165) is 6.08 Å². The molecule has 1 saturated heterocycles. The van der Waals surface area contributed by atoms with Gasteiger partial charge in [0.1, 0.15) is 0 Å². The first-order valence-electron chi connectivity index (χ1n) is 3.02. The van der Waals surface area contributed by atoms with Crippen LogP contribution < -0.4 is 0 Å². The summed E-state index contributed by atoms with van der Waals surface area (Å²) in [5.74, 6) is -0.957. The average molecular weight is 143 g/mol. The van der Waals surface area contributed by atoms with Crippen molar-refractivity contribution in [3.63, 3.8) is 0 Å². The molecule has 1 heterocycles. The fourth-order valence-corrected chi connectivity index (χ4v) is 0.779. The van der Waals surface area contributed by atoms with E-state index < -0.39 is 5.97 Å². The molecule has 0 aromatic carbocycles. The number of nitrogens with zero attached hydrogens (tertiary/aromatic N) is 1. The first-order chi connectivity index (χ1) is 4.68. The van der Waals surface area contributed by atoms with Crippen molar-refractivity contribution in [2.75, 3.05) is 13.1 Å². The third kappa shape index (κ3) is 1.73. The van der Waals surface area contributed by atoms with Crippen molar-refractivity contribution in [3.05, 3.63) is 12.3 Å². The van der Waals surface area contributed by atoms with E-state index in [0.29, 0.717) is 13.1 Å². The topological polar surface area (TPSA) is 60.8 Å². The molecule has 2 N–H and O–H groups in total. The Morgan fingerprint density at radius 3 is 2.60 bits per heavy atom. The van der Waals surface area contributed by atoms with Gasteiger partial charge in [0.15, 0.2) is 0 Å². The van der Waals surface area contributed by atoms with Gasteiger partial charge in [0.25, 0.3) is 0 Å². The van der Waals surface area contributed by atoms with Gasteiger partial charge >= 0.3 is 5.97 Å². The summed E-state index contributed by atoms with van der Waals surface area (Å²) in [7, 11) is 0. The molecule has 0 saturated carbocycles. The number of hydrogen-bond acceptors (Lipinski definition) is 3. The molecule has 1 rings (SSSR count). The highest BCUT2D eigenvalue weighted by Gasteiger charge is 2.20. The highest BCUT2D eigenvalue weighted by molar-refractivity contribution is 5.79. The Kier molecular flexibility index (Phi) is 1.91. The van der Waals surface area contributed by atoms with E-state index in [4.69, 9.17) is 10.2 Å². The van der Waals surface area contributed by atoms with E-state index in [1.165, 1.54) is 6.20 Å². The molecule has 1 aliphatic rings. The lowest BCUT2D eigenvalue weighted by atomic mass is 10.2. The minimum Gasteiger partial charge on any atom is -0.478 e. The molecule has 0 radical (unpaired) electrons. The third-order valence-electron chi connectivity index (χ3n) is 1.32. The van der Waals surface area contributed by atoms with Crippen molar-refractivity contribution in [1.29, 1.82) is 0 Å². The first kappa shape index (κ1) is 7.08. The number of carboxylic acids is 1. The van der Waals surface area contributed by atoms with Gasteiger partial charge in [0, 0.05) is 25.4 Å². The maximum atomic E-state index is 9.95. The number of carbonyl (C=O) groups is 1. The second kappa shape index (κ2) is 2.70. The van der Waals surface area contributed by atoms with E-state index in [2.05, 4.69) is 0 Å². The molecule has 4 nitrogen and oxygen atoms in total. The Hall–Kier alpha value is -1.03. The summed E-state index contributed by atoms with van der Waals surface area (Å²) in [6.07, 6.45) is 2.25. The Morgan fingerprint density at radius 1 is 1.60 bits per heavy atom. The van der Waals surface area contributed by atoms with E-state index in [9.17, 15) is 4.79 Å². The molecule has 0 aromatic heterocycles. The third-order valence-corrected chi connectivity index (χ3v) is 1.32. The lowest BCUT2D eigenvalue weighted by Crippen LogP contribution is -2.47. The maximum Gasteiger partial charge on any atom is 0.329 e. The van der Waals surface area contributed by atoms with Crippen LogP contribution in [0, 0.1) is 0 Å². The molecule has 0 unspecified atom stereocenters.